The molecule has 0 spiro atoms. The van der Waals surface area contributed by atoms with Gasteiger partial charge in [-0.15, -0.1) is 0 Å². The Morgan fingerprint density at radius 2 is 2.08 bits per heavy atom. The molecular weight excluding hydrogens is 186 g/mol. The van der Waals surface area contributed by atoms with Gasteiger partial charge in [0.2, 0.25) is 0 Å². The van der Waals surface area contributed by atoms with Crippen molar-refractivity contribution in [2.75, 3.05) is 25.6 Å². The second-order valence-corrected chi connectivity index (χ2v) is 4.79. The van der Waals surface area contributed by atoms with Crippen LogP contribution in [-0.4, -0.2) is 41.8 Å². The number of hydrogen-bond acceptors (Lipinski definition) is 2. The van der Waals surface area contributed by atoms with Crippen LogP contribution in [0.25, 0.3) is 0 Å². The van der Waals surface area contributed by atoms with E-state index in [2.05, 4.69) is 15.6 Å². The number of nitrogens with zero attached hydrogens (tertiary/aromatic N) is 1. The zero-order valence-electron chi connectivity index (χ0n) is 8.17. The lowest BCUT2D eigenvalue weighted by Crippen LogP contribution is -2.44. The van der Waals surface area contributed by atoms with Gasteiger partial charge in [-0.25, -0.2) is 0 Å². The molecule has 0 radical (unpaired) electrons. The van der Waals surface area contributed by atoms with Gasteiger partial charge >= 0.3 is 0 Å². The first-order valence-electron chi connectivity index (χ1n) is 4.52. The van der Waals surface area contributed by atoms with E-state index in [1.54, 1.807) is 7.05 Å². The van der Waals surface area contributed by atoms with E-state index >= 15 is 0 Å². The van der Waals surface area contributed by atoms with Crippen LogP contribution in [0.15, 0.2) is 4.99 Å². The molecule has 0 aliphatic carbocycles. The van der Waals surface area contributed by atoms with Crippen molar-refractivity contribution in [3.63, 3.8) is 0 Å². The van der Waals surface area contributed by atoms with Gasteiger partial charge < -0.3 is 10.6 Å². The molecule has 0 unspecified atom stereocenters. The minimum atomic E-state index is -0.580. The number of guanidine groups is 1. The van der Waals surface area contributed by atoms with E-state index in [0.29, 0.717) is 6.04 Å². The van der Waals surface area contributed by atoms with E-state index in [9.17, 15) is 4.21 Å². The van der Waals surface area contributed by atoms with E-state index < -0.39 is 10.8 Å². The maximum absolute atomic E-state index is 11.1. The summed E-state index contributed by atoms with van der Waals surface area (Å²) >= 11 is 0. The average molecular weight is 203 g/mol. The molecule has 0 aromatic heterocycles. The molecule has 0 aromatic rings. The summed E-state index contributed by atoms with van der Waals surface area (Å²) in [5, 5.41) is 6.25. The third kappa shape index (κ3) is 3.34. The van der Waals surface area contributed by atoms with Gasteiger partial charge in [0.15, 0.2) is 5.96 Å². The van der Waals surface area contributed by atoms with E-state index in [1.165, 1.54) is 0 Å². The minimum absolute atomic E-state index is 0.434. The van der Waals surface area contributed by atoms with Crippen molar-refractivity contribution in [1.82, 2.24) is 10.6 Å². The Bertz CT molecular complexity index is 207. The Hall–Kier alpha value is -0.580. The topological polar surface area (TPSA) is 53.5 Å². The summed E-state index contributed by atoms with van der Waals surface area (Å²) in [6.07, 6.45) is 1.96. The van der Waals surface area contributed by atoms with Crippen LogP contribution in [0.5, 0.6) is 0 Å². The van der Waals surface area contributed by atoms with Gasteiger partial charge in [0, 0.05) is 42.4 Å². The molecule has 1 fully saturated rings. The molecule has 0 amide bonds. The highest BCUT2D eigenvalue weighted by atomic mass is 32.2. The first kappa shape index (κ1) is 10.5. The fourth-order valence-corrected chi connectivity index (χ4v) is 2.68. The average Bonchev–Trinajstić information content (AvgIpc) is 2.17. The summed E-state index contributed by atoms with van der Waals surface area (Å²) in [4.78, 5) is 4.04. The Balaban J connectivity index is 2.33. The zero-order chi connectivity index (χ0) is 9.68. The first-order chi connectivity index (χ1) is 6.26. The van der Waals surface area contributed by atoms with Crippen LogP contribution < -0.4 is 10.6 Å². The molecule has 13 heavy (non-hydrogen) atoms. The first-order valence-corrected chi connectivity index (χ1v) is 6.01. The van der Waals surface area contributed by atoms with E-state index in [4.69, 9.17) is 0 Å². The molecule has 5 heteroatoms. The molecule has 0 aromatic carbocycles. The quantitative estimate of drug-likeness (QED) is 0.454. The molecule has 1 aliphatic heterocycles. The Labute approximate surface area is 81.7 Å². The number of hydrogen-bond donors (Lipinski definition) is 2. The highest BCUT2D eigenvalue weighted by molar-refractivity contribution is 7.85. The smallest absolute Gasteiger partial charge is 0.190 e. The van der Waals surface area contributed by atoms with Crippen LogP contribution in [0.2, 0.25) is 0 Å². The number of aliphatic imine (C=N–C) groups is 1. The lowest BCUT2D eigenvalue weighted by molar-refractivity contribution is 0.545. The molecule has 76 valence electrons. The Morgan fingerprint density at radius 1 is 1.46 bits per heavy atom. The third-order valence-electron chi connectivity index (χ3n) is 2.19. The summed E-state index contributed by atoms with van der Waals surface area (Å²) < 4.78 is 11.1. The van der Waals surface area contributed by atoms with Crippen molar-refractivity contribution >= 4 is 16.8 Å². The van der Waals surface area contributed by atoms with Gasteiger partial charge in [-0.3, -0.25) is 9.20 Å². The second kappa shape index (κ2) is 5.21. The zero-order valence-corrected chi connectivity index (χ0v) is 8.99. The summed E-state index contributed by atoms with van der Waals surface area (Å²) in [6.45, 7) is 0. The molecule has 1 heterocycles. The highest BCUT2D eigenvalue weighted by Gasteiger charge is 2.17. The summed E-state index contributed by atoms with van der Waals surface area (Å²) in [5.41, 5.74) is 0. The van der Waals surface area contributed by atoms with Crippen molar-refractivity contribution < 1.29 is 4.21 Å². The Kier molecular flexibility index (Phi) is 4.21. The molecule has 0 atom stereocenters. The van der Waals surface area contributed by atoms with Crippen molar-refractivity contribution in [3.05, 3.63) is 0 Å². The van der Waals surface area contributed by atoms with Crippen molar-refractivity contribution in [1.29, 1.82) is 0 Å². The number of nitrogens with one attached hydrogen (secondary N) is 2. The molecule has 1 aliphatic rings. The van der Waals surface area contributed by atoms with Crippen LogP contribution in [0.3, 0.4) is 0 Å². The standard InChI is InChI=1S/C8H17N3OS/c1-9-8(10-2)11-7-3-5-13(12)6-4-7/h7H,3-6H2,1-2H3,(H2,9,10,11). The van der Waals surface area contributed by atoms with Crippen molar-refractivity contribution in [2.24, 2.45) is 4.99 Å². The van der Waals surface area contributed by atoms with Gasteiger partial charge in [-0.2, -0.15) is 0 Å². The fraction of sp³-hybridized carbons (Fsp3) is 0.875. The normalized spacial score (nSPS) is 29.8. The highest BCUT2D eigenvalue weighted by Crippen LogP contribution is 2.08. The number of rotatable bonds is 1. The van der Waals surface area contributed by atoms with Gasteiger partial charge in [-0.1, -0.05) is 0 Å². The summed E-state index contributed by atoms with van der Waals surface area (Å²) in [6, 6.07) is 0.434. The van der Waals surface area contributed by atoms with Crippen molar-refractivity contribution in [2.45, 2.75) is 18.9 Å². The van der Waals surface area contributed by atoms with Gasteiger partial charge in [-0.05, 0) is 12.8 Å². The van der Waals surface area contributed by atoms with Crippen LogP contribution >= 0.6 is 0 Å². The van der Waals surface area contributed by atoms with Crippen LogP contribution in [-0.2, 0) is 10.8 Å². The molecule has 1 rings (SSSR count). The lowest BCUT2D eigenvalue weighted by atomic mass is 10.2. The van der Waals surface area contributed by atoms with Gasteiger partial charge in [0.25, 0.3) is 0 Å². The second-order valence-electron chi connectivity index (χ2n) is 3.09. The molecule has 0 bridgehead atoms. The van der Waals surface area contributed by atoms with Crippen LogP contribution in [0.1, 0.15) is 12.8 Å². The summed E-state index contributed by atoms with van der Waals surface area (Å²) in [7, 11) is 3.01. The maximum atomic E-state index is 11.1. The van der Waals surface area contributed by atoms with Crippen LogP contribution in [0, 0.1) is 0 Å². The Morgan fingerprint density at radius 3 is 2.54 bits per heavy atom. The predicted octanol–water partition coefficient (Wildman–Crippen LogP) is -0.308. The lowest BCUT2D eigenvalue weighted by Gasteiger charge is -2.23. The SMILES string of the molecule is CN=C(NC)NC1CCS(=O)CC1. The summed E-state index contributed by atoms with van der Waals surface area (Å²) in [5.74, 6) is 2.45. The third-order valence-corrected chi connectivity index (χ3v) is 3.57. The van der Waals surface area contributed by atoms with Gasteiger partial charge in [0.05, 0.1) is 0 Å². The van der Waals surface area contributed by atoms with Gasteiger partial charge in [0.1, 0.15) is 0 Å². The van der Waals surface area contributed by atoms with E-state index in [0.717, 1.165) is 30.3 Å². The molecule has 2 N–H and O–H groups in total. The maximum Gasteiger partial charge on any atom is 0.190 e. The van der Waals surface area contributed by atoms with Crippen molar-refractivity contribution in [3.8, 4) is 0 Å². The van der Waals surface area contributed by atoms with E-state index in [1.807, 2.05) is 7.05 Å². The molecule has 0 saturated carbocycles. The largest absolute Gasteiger partial charge is 0.359 e. The van der Waals surface area contributed by atoms with E-state index in [-0.39, 0.29) is 0 Å². The minimum Gasteiger partial charge on any atom is -0.359 e. The predicted molar refractivity (Wildman–Crippen MR) is 56.5 cm³/mol. The molecule has 1 saturated heterocycles. The van der Waals surface area contributed by atoms with Crippen LogP contribution in [0.4, 0.5) is 0 Å². The monoisotopic (exact) mass is 203 g/mol. The molecular formula is C8H17N3OS. The fourth-order valence-electron chi connectivity index (χ4n) is 1.38. The molecule has 4 nitrogen and oxygen atoms in total.